The van der Waals surface area contributed by atoms with Crippen molar-refractivity contribution < 1.29 is 14.3 Å². The maximum atomic E-state index is 12.3. The lowest BCUT2D eigenvalue weighted by molar-refractivity contribution is -0.121. The number of benzene rings is 1. The summed E-state index contributed by atoms with van der Waals surface area (Å²) in [5.41, 5.74) is 5.58. The summed E-state index contributed by atoms with van der Waals surface area (Å²) < 4.78 is 10.8. The van der Waals surface area contributed by atoms with E-state index >= 15 is 0 Å². The van der Waals surface area contributed by atoms with Crippen LogP contribution in [0.4, 0.5) is 5.69 Å². The number of halogens is 1. The van der Waals surface area contributed by atoms with Crippen LogP contribution in [0.25, 0.3) is 0 Å². The van der Waals surface area contributed by atoms with Crippen LogP contribution in [0.15, 0.2) is 18.2 Å². The van der Waals surface area contributed by atoms with Gasteiger partial charge in [-0.2, -0.15) is 0 Å². The predicted octanol–water partition coefficient (Wildman–Crippen LogP) is 2.19. The van der Waals surface area contributed by atoms with Gasteiger partial charge in [0, 0.05) is 11.6 Å². The molecule has 1 fully saturated rings. The average molecular weight is 299 g/mol. The van der Waals surface area contributed by atoms with E-state index in [9.17, 15) is 4.79 Å². The third kappa shape index (κ3) is 3.42. The van der Waals surface area contributed by atoms with Crippen molar-refractivity contribution in [3.05, 3.63) is 23.2 Å². The Kier molecular flexibility index (Phi) is 4.86. The Hall–Kier alpha value is -1.30. The van der Waals surface area contributed by atoms with Crippen LogP contribution < -0.4 is 15.8 Å². The number of hydrogen-bond acceptors (Lipinski definition) is 4. The van der Waals surface area contributed by atoms with Crippen molar-refractivity contribution in [3.8, 4) is 5.75 Å². The highest BCUT2D eigenvalue weighted by Gasteiger charge is 2.38. The molecule has 6 heteroatoms. The van der Waals surface area contributed by atoms with Crippen LogP contribution in [0, 0.1) is 0 Å². The number of nitrogens with two attached hydrogens (primary N) is 1. The zero-order chi connectivity index (χ0) is 14.6. The summed E-state index contributed by atoms with van der Waals surface area (Å²) in [4.78, 5) is 12.3. The number of carbonyl (C=O) groups is 1. The molecule has 0 bridgehead atoms. The fourth-order valence-corrected chi connectivity index (χ4v) is 2.12. The van der Waals surface area contributed by atoms with Gasteiger partial charge in [0.25, 0.3) is 0 Å². The van der Waals surface area contributed by atoms with Crippen molar-refractivity contribution in [3.63, 3.8) is 0 Å². The van der Waals surface area contributed by atoms with Gasteiger partial charge in [-0.1, -0.05) is 18.5 Å². The normalized spacial score (nSPS) is 21.8. The quantitative estimate of drug-likeness (QED) is 0.874. The zero-order valence-electron chi connectivity index (χ0n) is 11.4. The Morgan fingerprint density at radius 3 is 3.05 bits per heavy atom. The number of carbonyl (C=O) groups excluding carboxylic acids is 1. The van der Waals surface area contributed by atoms with E-state index < -0.39 is 5.54 Å². The molecule has 1 atom stereocenters. The highest BCUT2D eigenvalue weighted by molar-refractivity contribution is 6.31. The van der Waals surface area contributed by atoms with Gasteiger partial charge >= 0.3 is 0 Å². The Morgan fingerprint density at radius 1 is 1.60 bits per heavy atom. The van der Waals surface area contributed by atoms with E-state index in [0.717, 1.165) is 6.42 Å². The molecule has 1 aliphatic heterocycles. The molecule has 1 heterocycles. The lowest BCUT2D eigenvalue weighted by Crippen LogP contribution is -2.51. The first-order valence-corrected chi connectivity index (χ1v) is 7.03. The van der Waals surface area contributed by atoms with Crippen LogP contribution >= 0.6 is 11.6 Å². The van der Waals surface area contributed by atoms with E-state index in [0.29, 0.717) is 36.1 Å². The Balaban J connectivity index is 2.14. The molecule has 1 aromatic carbocycles. The van der Waals surface area contributed by atoms with Crippen molar-refractivity contribution in [2.45, 2.75) is 25.3 Å². The molecule has 3 N–H and O–H groups in total. The molecule has 0 saturated carbocycles. The zero-order valence-corrected chi connectivity index (χ0v) is 12.2. The molecule has 1 aromatic rings. The highest BCUT2D eigenvalue weighted by atomic mass is 35.5. The maximum Gasteiger partial charge on any atom is 0.247 e. The predicted molar refractivity (Wildman–Crippen MR) is 78.2 cm³/mol. The molecule has 1 saturated heterocycles. The van der Waals surface area contributed by atoms with Crippen molar-refractivity contribution in [1.82, 2.24) is 0 Å². The number of ether oxygens (including phenoxy) is 2. The van der Waals surface area contributed by atoms with Crippen LogP contribution in [0.2, 0.25) is 5.02 Å². The van der Waals surface area contributed by atoms with Gasteiger partial charge in [-0.3, -0.25) is 4.79 Å². The van der Waals surface area contributed by atoms with Gasteiger partial charge < -0.3 is 20.5 Å². The maximum absolute atomic E-state index is 12.3. The number of anilines is 1. The number of amides is 1. The molecule has 1 amide bonds. The van der Waals surface area contributed by atoms with Gasteiger partial charge in [-0.15, -0.1) is 0 Å². The second-order valence-corrected chi connectivity index (χ2v) is 5.34. The van der Waals surface area contributed by atoms with Crippen molar-refractivity contribution in [2.24, 2.45) is 5.73 Å². The third-order valence-electron chi connectivity index (χ3n) is 3.16. The topological polar surface area (TPSA) is 73.6 Å². The van der Waals surface area contributed by atoms with E-state index in [2.05, 4.69) is 5.32 Å². The van der Waals surface area contributed by atoms with Crippen LogP contribution in [0.5, 0.6) is 5.75 Å². The molecule has 0 spiro atoms. The second-order valence-electron chi connectivity index (χ2n) is 4.90. The Morgan fingerprint density at radius 2 is 2.40 bits per heavy atom. The Labute approximate surface area is 123 Å². The van der Waals surface area contributed by atoms with Gasteiger partial charge in [0.1, 0.15) is 11.3 Å². The number of nitrogens with one attached hydrogen (secondary N) is 1. The minimum absolute atomic E-state index is 0.227. The van der Waals surface area contributed by atoms with Gasteiger partial charge in [0.05, 0.1) is 18.9 Å². The minimum Gasteiger partial charge on any atom is -0.491 e. The van der Waals surface area contributed by atoms with E-state index in [1.54, 1.807) is 18.2 Å². The summed E-state index contributed by atoms with van der Waals surface area (Å²) in [7, 11) is 0. The molecule has 1 unspecified atom stereocenters. The van der Waals surface area contributed by atoms with Gasteiger partial charge in [-0.05, 0) is 31.0 Å². The van der Waals surface area contributed by atoms with E-state index in [1.807, 2.05) is 6.92 Å². The summed E-state index contributed by atoms with van der Waals surface area (Å²) in [6.45, 7) is 3.31. The van der Waals surface area contributed by atoms with Crippen molar-refractivity contribution >= 4 is 23.2 Å². The Bertz CT molecular complexity index is 487. The lowest BCUT2D eigenvalue weighted by atomic mass is 9.99. The summed E-state index contributed by atoms with van der Waals surface area (Å²) in [5.74, 6) is 0.311. The van der Waals surface area contributed by atoms with Crippen LogP contribution in [0.1, 0.15) is 19.8 Å². The minimum atomic E-state index is -0.982. The van der Waals surface area contributed by atoms with Crippen LogP contribution in [0.3, 0.4) is 0 Å². The van der Waals surface area contributed by atoms with E-state index in [4.69, 9.17) is 26.8 Å². The molecule has 110 valence electrons. The van der Waals surface area contributed by atoms with Crippen LogP contribution in [-0.4, -0.2) is 31.3 Å². The van der Waals surface area contributed by atoms with Crippen molar-refractivity contribution in [2.75, 3.05) is 25.1 Å². The van der Waals surface area contributed by atoms with Crippen LogP contribution in [-0.2, 0) is 9.53 Å². The first-order chi connectivity index (χ1) is 9.55. The monoisotopic (exact) mass is 298 g/mol. The molecule has 5 nitrogen and oxygen atoms in total. The van der Waals surface area contributed by atoms with E-state index in [-0.39, 0.29) is 12.5 Å². The molecule has 0 radical (unpaired) electrons. The third-order valence-corrected chi connectivity index (χ3v) is 3.39. The molecule has 1 aliphatic rings. The molecular formula is C14H19ClN2O3. The fraction of sp³-hybridized carbons (Fsp3) is 0.500. The largest absolute Gasteiger partial charge is 0.491 e. The number of rotatable bonds is 5. The summed E-state index contributed by atoms with van der Waals surface area (Å²) >= 11 is 5.97. The smallest absolute Gasteiger partial charge is 0.247 e. The summed E-state index contributed by atoms with van der Waals surface area (Å²) in [5, 5.41) is 3.32. The van der Waals surface area contributed by atoms with Crippen molar-refractivity contribution in [1.29, 1.82) is 0 Å². The first-order valence-electron chi connectivity index (χ1n) is 6.65. The lowest BCUT2D eigenvalue weighted by Gasteiger charge is -2.21. The molecule has 0 aliphatic carbocycles. The fourth-order valence-electron chi connectivity index (χ4n) is 1.94. The summed E-state index contributed by atoms with van der Waals surface area (Å²) in [6.07, 6.45) is 1.38. The molecule has 0 aromatic heterocycles. The SMILES string of the molecule is CCCOc1ccc(Cl)cc1NC(=O)C1(N)CCOC1. The second kappa shape index (κ2) is 6.43. The van der Waals surface area contributed by atoms with Gasteiger partial charge in [-0.25, -0.2) is 0 Å². The first kappa shape index (κ1) is 15.1. The number of hydrogen-bond donors (Lipinski definition) is 2. The standard InChI is InChI=1S/C14H19ClN2O3/c1-2-6-20-12-4-3-10(15)8-11(12)17-13(18)14(16)5-7-19-9-14/h3-4,8H,2,5-7,9,16H2,1H3,(H,17,18). The van der Waals surface area contributed by atoms with Gasteiger partial charge in [0.2, 0.25) is 5.91 Å². The molecule has 2 rings (SSSR count). The molecular weight excluding hydrogens is 280 g/mol. The summed E-state index contributed by atoms with van der Waals surface area (Å²) in [6, 6.07) is 5.12. The van der Waals surface area contributed by atoms with E-state index in [1.165, 1.54) is 0 Å². The van der Waals surface area contributed by atoms with Gasteiger partial charge in [0.15, 0.2) is 0 Å². The average Bonchev–Trinajstić information content (AvgIpc) is 2.86. The highest BCUT2D eigenvalue weighted by Crippen LogP contribution is 2.29. The molecule has 20 heavy (non-hydrogen) atoms.